The number of rotatable bonds is 8. The Kier molecular flexibility index (Phi) is 9.41. The summed E-state index contributed by atoms with van der Waals surface area (Å²) < 4.78 is 26.8. The summed E-state index contributed by atoms with van der Waals surface area (Å²) in [5.41, 5.74) is 0.125. The fourth-order valence-electron chi connectivity index (χ4n) is 3.04. The number of carbonyl (C=O) groups is 2. The highest BCUT2D eigenvalue weighted by atomic mass is 35.5. The van der Waals surface area contributed by atoms with Gasteiger partial charge < -0.3 is 10.2 Å². The molecule has 1 atom stereocenters. The maximum atomic E-state index is 13.3. The molecule has 0 spiro atoms. The summed E-state index contributed by atoms with van der Waals surface area (Å²) >= 11 is 18.0. The van der Waals surface area contributed by atoms with Gasteiger partial charge >= 0.3 is 0 Å². The zero-order valence-electron chi connectivity index (χ0n) is 19.6. The van der Waals surface area contributed by atoms with E-state index in [1.807, 2.05) is 20.8 Å². The Morgan fingerprint density at radius 1 is 1.00 bits per heavy atom. The van der Waals surface area contributed by atoms with E-state index >= 15 is 0 Å². The minimum absolute atomic E-state index is 0.00163. The molecule has 2 aromatic carbocycles. The highest BCUT2D eigenvalue weighted by Crippen LogP contribution is 2.24. The van der Waals surface area contributed by atoms with E-state index in [1.165, 1.54) is 36.2 Å². The van der Waals surface area contributed by atoms with Gasteiger partial charge in [0, 0.05) is 24.2 Å². The molecule has 0 saturated carbocycles. The number of sulfonamides is 1. The quantitative estimate of drug-likeness (QED) is 0.522. The molecule has 0 heterocycles. The predicted octanol–water partition coefficient (Wildman–Crippen LogP) is 4.60. The molecule has 11 heteroatoms. The molecule has 0 aromatic heterocycles. The van der Waals surface area contributed by atoms with E-state index in [0.29, 0.717) is 20.6 Å². The Bertz CT molecular complexity index is 1150. The van der Waals surface area contributed by atoms with E-state index in [1.54, 1.807) is 25.1 Å². The van der Waals surface area contributed by atoms with Crippen molar-refractivity contribution in [2.45, 2.75) is 50.7 Å². The van der Waals surface area contributed by atoms with Crippen molar-refractivity contribution >= 4 is 56.6 Å². The van der Waals surface area contributed by atoms with Crippen LogP contribution in [-0.4, -0.2) is 54.6 Å². The van der Waals surface area contributed by atoms with E-state index in [-0.39, 0.29) is 17.3 Å². The van der Waals surface area contributed by atoms with Crippen LogP contribution in [0.25, 0.3) is 0 Å². The van der Waals surface area contributed by atoms with Gasteiger partial charge in [-0.3, -0.25) is 9.59 Å². The van der Waals surface area contributed by atoms with Gasteiger partial charge in [0.25, 0.3) is 0 Å². The molecule has 0 saturated heterocycles. The number of likely N-dealkylation sites (N-methyl/N-ethyl adjacent to an activating group) is 1. The third-order valence-electron chi connectivity index (χ3n) is 4.88. The van der Waals surface area contributed by atoms with Crippen LogP contribution in [-0.2, 0) is 26.2 Å². The molecule has 0 aliphatic heterocycles. The number of nitrogens with one attached hydrogen (secondary N) is 1. The topological polar surface area (TPSA) is 86.8 Å². The highest BCUT2D eigenvalue weighted by molar-refractivity contribution is 7.89. The number of carbonyl (C=O) groups excluding carboxylic acids is 2. The second-order valence-electron chi connectivity index (χ2n) is 8.90. The molecule has 2 rings (SSSR count). The molecule has 0 bridgehead atoms. The van der Waals surface area contributed by atoms with E-state index in [4.69, 9.17) is 34.8 Å². The van der Waals surface area contributed by atoms with Gasteiger partial charge in [0.2, 0.25) is 21.8 Å². The van der Waals surface area contributed by atoms with Crippen LogP contribution in [0.1, 0.15) is 33.3 Å². The first kappa shape index (κ1) is 28.4. The summed E-state index contributed by atoms with van der Waals surface area (Å²) in [6.07, 6.45) is 0. The average molecular weight is 549 g/mol. The summed E-state index contributed by atoms with van der Waals surface area (Å²) in [4.78, 5) is 27.5. The predicted molar refractivity (Wildman–Crippen MR) is 136 cm³/mol. The molecule has 186 valence electrons. The first-order valence-corrected chi connectivity index (χ1v) is 13.0. The zero-order valence-corrected chi connectivity index (χ0v) is 22.7. The van der Waals surface area contributed by atoms with Gasteiger partial charge in [-0.05, 0) is 69.7 Å². The van der Waals surface area contributed by atoms with Crippen LogP contribution in [0.4, 0.5) is 0 Å². The van der Waals surface area contributed by atoms with Gasteiger partial charge in [-0.2, -0.15) is 4.31 Å². The number of benzene rings is 2. The monoisotopic (exact) mass is 547 g/mol. The van der Waals surface area contributed by atoms with Crippen LogP contribution in [0.2, 0.25) is 15.1 Å². The summed E-state index contributed by atoms with van der Waals surface area (Å²) in [5, 5.41) is 3.91. The standard InChI is InChI=1S/C23H28Cl3N3O4S/c1-15(22(31)27-23(2,3)4)29(13-16-6-11-19(25)20(26)12-16)21(30)14-28(5)34(32,33)18-9-7-17(24)8-10-18/h6-12,15H,13-14H2,1-5H3,(H,27,31)/t15-/m1/s1. The van der Waals surface area contributed by atoms with Crippen molar-refractivity contribution in [2.75, 3.05) is 13.6 Å². The molecular formula is C23H28Cl3N3O4S. The van der Waals surface area contributed by atoms with Crippen LogP contribution in [0.15, 0.2) is 47.4 Å². The molecule has 0 fully saturated rings. The Labute approximate surface area is 216 Å². The fraction of sp³-hybridized carbons (Fsp3) is 0.391. The lowest BCUT2D eigenvalue weighted by Crippen LogP contribution is -2.54. The second kappa shape index (κ2) is 11.3. The first-order chi connectivity index (χ1) is 15.6. The van der Waals surface area contributed by atoms with Crippen LogP contribution < -0.4 is 5.32 Å². The molecule has 34 heavy (non-hydrogen) atoms. The average Bonchev–Trinajstić information content (AvgIpc) is 2.72. The van der Waals surface area contributed by atoms with E-state index in [0.717, 1.165) is 4.31 Å². The summed E-state index contributed by atoms with van der Waals surface area (Å²) in [6, 6.07) is 9.66. The molecule has 0 radical (unpaired) electrons. The van der Waals surface area contributed by atoms with Gasteiger partial charge in [0.1, 0.15) is 6.04 Å². The van der Waals surface area contributed by atoms with Gasteiger partial charge in [-0.25, -0.2) is 8.42 Å². The smallest absolute Gasteiger partial charge is 0.243 e. The molecule has 0 aliphatic rings. The molecule has 2 aromatic rings. The third kappa shape index (κ3) is 7.58. The number of hydrogen-bond acceptors (Lipinski definition) is 4. The van der Waals surface area contributed by atoms with Crippen molar-refractivity contribution < 1.29 is 18.0 Å². The third-order valence-corrected chi connectivity index (χ3v) is 7.69. The van der Waals surface area contributed by atoms with Crippen LogP contribution >= 0.6 is 34.8 Å². The van der Waals surface area contributed by atoms with Gasteiger partial charge in [0.05, 0.1) is 21.5 Å². The number of halogens is 3. The minimum atomic E-state index is -3.96. The largest absolute Gasteiger partial charge is 0.350 e. The van der Waals surface area contributed by atoms with Crippen LogP contribution in [0.5, 0.6) is 0 Å². The Morgan fingerprint density at radius 3 is 2.12 bits per heavy atom. The number of amides is 2. The van der Waals surface area contributed by atoms with Gasteiger partial charge in [0.15, 0.2) is 0 Å². The molecular weight excluding hydrogens is 521 g/mol. The van der Waals surface area contributed by atoms with Gasteiger partial charge in [-0.15, -0.1) is 0 Å². The highest BCUT2D eigenvalue weighted by Gasteiger charge is 2.31. The summed E-state index contributed by atoms with van der Waals surface area (Å²) in [6.45, 7) is 6.63. The van der Waals surface area contributed by atoms with E-state index in [2.05, 4.69) is 5.32 Å². The van der Waals surface area contributed by atoms with Gasteiger partial charge in [-0.1, -0.05) is 40.9 Å². The van der Waals surface area contributed by atoms with Crippen molar-refractivity contribution in [3.63, 3.8) is 0 Å². The van der Waals surface area contributed by atoms with Crippen molar-refractivity contribution in [1.29, 1.82) is 0 Å². The molecule has 1 N–H and O–H groups in total. The minimum Gasteiger partial charge on any atom is -0.350 e. The van der Waals surface area contributed by atoms with Crippen molar-refractivity contribution in [2.24, 2.45) is 0 Å². The van der Waals surface area contributed by atoms with E-state index in [9.17, 15) is 18.0 Å². The Morgan fingerprint density at radius 2 is 1.59 bits per heavy atom. The number of hydrogen-bond donors (Lipinski definition) is 1. The van der Waals surface area contributed by atoms with E-state index < -0.39 is 34.1 Å². The van der Waals surface area contributed by atoms with Crippen LogP contribution in [0.3, 0.4) is 0 Å². The Hall–Kier alpha value is -1.84. The molecule has 0 unspecified atom stereocenters. The van der Waals surface area contributed by atoms with Crippen molar-refractivity contribution in [1.82, 2.24) is 14.5 Å². The normalized spacial score (nSPS) is 13.0. The molecule has 7 nitrogen and oxygen atoms in total. The first-order valence-electron chi connectivity index (χ1n) is 10.4. The maximum Gasteiger partial charge on any atom is 0.243 e. The zero-order chi connectivity index (χ0) is 25.8. The summed E-state index contributed by atoms with van der Waals surface area (Å²) in [7, 11) is -2.65. The summed E-state index contributed by atoms with van der Waals surface area (Å²) in [5.74, 6) is -0.924. The van der Waals surface area contributed by atoms with Crippen molar-refractivity contribution in [3.8, 4) is 0 Å². The lowest BCUT2D eigenvalue weighted by atomic mass is 10.1. The fourth-order valence-corrected chi connectivity index (χ4v) is 4.61. The molecule has 2 amide bonds. The second-order valence-corrected chi connectivity index (χ2v) is 12.2. The lowest BCUT2D eigenvalue weighted by molar-refractivity contribution is -0.141. The Balaban J connectivity index is 2.32. The van der Waals surface area contributed by atoms with Crippen molar-refractivity contribution in [3.05, 3.63) is 63.1 Å². The lowest BCUT2D eigenvalue weighted by Gasteiger charge is -2.32. The maximum absolute atomic E-state index is 13.3. The number of nitrogens with zero attached hydrogens (tertiary/aromatic N) is 2. The SMILES string of the molecule is C[C@H](C(=O)NC(C)(C)C)N(Cc1ccc(Cl)c(Cl)c1)C(=O)CN(C)S(=O)(=O)c1ccc(Cl)cc1. The van der Waals surface area contributed by atoms with Crippen LogP contribution in [0, 0.1) is 0 Å². The molecule has 0 aliphatic carbocycles.